The number of ketones is 1. The van der Waals surface area contributed by atoms with Gasteiger partial charge in [0.1, 0.15) is 0 Å². The van der Waals surface area contributed by atoms with E-state index >= 15 is 0 Å². The standard InChI is InChI=1S/C10H7NO3/c1-14-10(13)8-9(12)6-4-2-3-5-7(6)11-8/h2-5H,1H3. The van der Waals surface area contributed by atoms with Gasteiger partial charge >= 0.3 is 5.97 Å². The molecule has 1 aliphatic rings. The van der Waals surface area contributed by atoms with E-state index in [1.54, 1.807) is 24.3 Å². The first kappa shape index (κ1) is 8.62. The first-order valence-electron chi connectivity index (χ1n) is 4.05. The number of esters is 1. The number of hydrogen-bond donors (Lipinski definition) is 0. The van der Waals surface area contributed by atoms with E-state index in [-0.39, 0.29) is 11.5 Å². The number of hydrogen-bond acceptors (Lipinski definition) is 4. The fourth-order valence-electron chi connectivity index (χ4n) is 1.30. The van der Waals surface area contributed by atoms with E-state index in [0.29, 0.717) is 11.3 Å². The number of carbonyl (C=O) groups is 2. The number of rotatable bonds is 1. The molecule has 0 bridgehead atoms. The maximum atomic E-state index is 11.6. The van der Waals surface area contributed by atoms with Gasteiger partial charge in [-0.25, -0.2) is 9.79 Å². The lowest BCUT2D eigenvalue weighted by molar-refractivity contribution is -0.132. The minimum absolute atomic E-state index is 0.145. The number of methoxy groups -OCH3 is 1. The summed E-state index contributed by atoms with van der Waals surface area (Å²) in [6, 6.07) is 6.81. The second kappa shape index (κ2) is 3.06. The van der Waals surface area contributed by atoms with E-state index < -0.39 is 5.97 Å². The fourth-order valence-corrected chi connectivity index (χ4v) is 1.30. The molecule has 1 aromatic rings. The highest BCUT2D eigenvalue weighted by Gasteiger charge is 2.29. The van der Waals surface area contributed by atoms with Crippen molar-refractivity contribution in [2.45, 2.75) is 0 Å². The Labute approximate surface area is 80.2 Å². The van der Waals surface area contributed by atoms with E-state index in [0.717, 1.165) is 0 Å². The molecule has 2 rings (SSSR count). The smallest absolute Gasteiger partial charge is 0.360 e. The summed E-state index contributed by atoms with van der Waals surface area (Å²) < 4.78 is 4.45. The first-order valence-corrected chi connectivity index (χ1v) is 4.05. The van der Waals surface area contributed by atoms with Gasteiger partial charge in [-0.05, 0) is 12.1 Å². The van der Waals surface area contributed by atoms with Crippen molar-refractivity contribution in [2.75, 3.05) is 7.11 Å². The predicted octanol–water partition coefficient (Wildman–Crippen LogP) is 1.13. The Balaban J connectivity index is 2.47. The highest BCUT2D eigenvalue weighted by Crippen LogP contribution is 2.26. The molecule has 0 N–H and O–H groups in total. The summed E-state index contributed by atoms with van der Waals surface area (Å²) in [5, 5.41) is 0. The zero-order valence-corrected chi connectivity index (χ0v) is 7.48. The topological polar surface area (TPSA) is 55.7 Å². The van der Waals surface area contributed by atoms with Gasteiger partial charge in [0.25, 0.3) is 0 Å². The summed E-state index contributed by atoms with van der Waals surface area (Å²) >= 11 is 0. The van der Waals surface area contributed by atoms with Crippen molar-refractivity contribution in [1.29, 1.82) is 0 Å². The highest BCUT2D eigenvalue weighted by atomic mass is 16.5. The average Bonchev–Trinajstić information content (AvgIpc) is 2.56. The minimum Gasteiger partial charge on any atom is -0.464 e. The molecule has 0 aromatic heterocycles. The van der Waals surface area contributed by atoms with Gasteiger partial charge < -0.3 is 4.74 Å². The van der Waals surface area contributed by atoms with Crippen LogP contribution in [-0.4, -0.2) is 24.6 Å². The third-order valence-corrected chi connectivity index (χ3v) is 1.97. The summed E-state index contributed by atoms with van der Waals surface area (Å²) in [6.45, 7) is 0. The quantitative estimate of drug-likeness (QED) is 0.622. The molecule has 4 heteroatoms. The van der Waals surface area contributed by atoms with E-state index in [4.69, 9.17) is 0 Å². The van der Waals surface area contributed by atoms with Crippen LogP contribution in [0, 0.1) is 0 Å². The SMILES string of the molecule is COC(=O)C1=Nc2ccccc2C1=O. The van der Waals surface area contributed by atoms with E-state index in [1.807, 2.05) is 0 Å². The molecule has 1 aromatic carbocycles. The summed E-state index contributed by atoms with van der Waals surface area (Å²) in [6.07, 6.45) is 0. The third-order valence-electron chi connectivity index (χ3n) is 1.97. The number of nitrogens with zero attached hydrogens (tertiary/aromatic N) is 1. The molecule has 14 heavy (non-hydrogen) atoms. The lowest BCUT2D eigenvalue weighted by Gasteiger charge is -1.94. The Morgan fingerprint density at radius 3 is 2.71 bits per heavy atom. The number of carbonyl (C=O) groups excluding carboxylic acids is 2. The molecule has 4 nitrogen and oxygen atoms in total. The van der Waals surface area contributed by atoms with Crippen LogP contribution in [0.4, 0.5) is 5.69 Å². The van der Waals surface area contributed by atoms with Crippen LogP contribution in [0.2, 0.25) is 0 Å². The van der Waals surface area contributed by atoms with Crippen molar-refractivity contribution in [1.82, 2.24) is 0 Å². The Kier molecular flexibility index (Phi) is 1.89. The van der Waals surface area contributed by atoms with Crippen molar-refractivity contribution in [3.8, 4) is 0 Å². The molecule has 0 radical (unpaired) electrons. The number of para-hydroxylation sites is 1. The molecule has 0 saturated heterocycles. The van der Waals surface area contributed by atoms with Crippen molar-refractivity contribution < 1.29 is 14.3 Å². The second-order valence-corrected chi connectivity index (χ2v) is 2.80. The Morgan fingerprint density at radius 2 is 2.07 bits per heavy atom. The number of ether oxygens (including phenoxy) is 1. The summed E-state index contributed by atoms with van der Waals surface area (Å²) in [4.78, 5) is 26.6. The van der Waals surface area contributed by atoms with Crippen LogP contribution in [0.25, 0.3) is 0 Å². The van der Waals surface area contributed by atoms with Gasteiger partial charge in [-0.3, -0.25) is 4.79 Å². The van der Waals surface area contributed by atoms with E-state index in [1.165, 1.54) is 7.11 Å². The van der Waals surface area contributed by atoms with Gasteiger partial charge in [0.2, 0.25) is 5.78 Å². The summed E-state index contributed by atoms with van der Waals surface area (Å²) in [7, 11) is 1.22. The number of benzene rings is 1. The van der Waals surface area contributed by atoms with E-state index in [9.17, 15) is 9.59 Å². The lowest BCUT2D eigenvalue weighted by atomic mass is 10.1. The molecule has 0 unspecified atom stereocenters. The second-order valence-electron chi connectivity index (χ2n) is 2.80. The minimum atomic E-state index is -0.689. The highest BCUT2D eigenvalue weighted by molar-refractivity contribution is 6.69. The van der Waals surface area contributed by atoms with Gasteiger partial charge in [-0.1, -0.05) is 12.1 Å². The largest absolute Gasteiger partial charge is 0.464 e. The number of aliphatic imine (C=N–C) groups is 1. The van der Waals surface area contributed by atoms with Gasteiger partial charge in [-0.15, -0.1) is 0 Å². The van der Waals surface area contributed by atoms with Gasteiger partial charge in [-0.2, -0.15) is 0 Å². The molecule has 1 aliphatic heterocycles. The molecular weight excluding hydrogens is 182 g/mol. The van der Waals surface area contributed by atoms with Crippen molar-refractivity contribution in [3.63, 3.8) is 0 Å². The number of Topliss-reactive ketones (excluding diaryl/α,β-unsaturated/α-hetero) is 1. The third kappa shape index (κ3) is 1.12. The van der Waals surface area contributed by atoms with Crippen LogP contribution < -0.4 is 0 Å². The van der Waals surface area contributed by atoms with Crippen LogP contribution in [-0.2, 0) is 9.53 Å². The first-order chi connectivity index (χ1) is 6.74. The van der Waals surface area contributed by atoms with Crippen LogP contribution >= 0.6 is 0 Å². The van der Waals surface area contributed by atoms with E-state index in [2.05, 4.69) is 9.73 Å². The predicted molar refractivity (Wildman–Crippen MR) is 49.9 cm³/mol. The Morgan fingerprint density at radius 1 is 1.36 bits per heavy atom. The van der Waals surface area contributed by atoms with Crippen LogP contribution in [0.15, 0.2) is 29.3 Å². The van der Waals surface area contributed by atoms with Gasteiger partial charge in [0.05, 0.1) is 18.4 Å². The Bertz CT molecular complexity index is 448. The summed E-state index contributed by atoms with van der Waals surface area (Å²) in [5.41, 5.74) is 0.833. The molecule has 0 amide bonds. The molecular formula is C10H7NO3. The normalized spacial score (nSPS) is 13.5. The maximum Gasteiger partial charge on any atom is 0.360 e. The monoisotopic (exact) mass is 189 g/mol. The lowest BCUT2D eigenvalue weighted by Crippen LogP contribution is -2.22. The van der Waals surface area contributed by atoms with Crippen LogP contribution in [0.5, 0.6) is 0 Å². The van der Waals surface area contributed by atoms with Crippen LogP contribution in [0.3, 0.4) is 0 Å². The molecule has 0 atom stereocenters. The molecule has 70 valence electrons. The molecule has 0 saturated carbocycles. The molecule has 0 fully saturated rings. The van der Waals surface area contributed by atoms with Crippen LogP contribution in [0.1, 0.15) is 10.4 Å². The zero-order valence-electron chi connectivity index (χ0n) is 7.48. The van der Waals surface area contributed by atoms with Crippen molar-refractivity contribution >= 4 is 23.2 Å². The zero-order chi connectivity index (χ0) is 10.1. The van der Waals surface area contributed by atoms with Gasteiger partial charge in [0.15, 0.2) is 5.71 Å². The molecule has 1 heterocycles. The maximum absolute atomic E-state index is 11.6. The Hall–Kier alpha value is -1.97. The van der Waals surface area contributed by atoms with Gasteiger partial charge in [0, 0.05) is 0 Å². The number of fused-ring (bicyclic) bond motifs is 1. The summed E-state index contributed by atoms with van der Waals surface area (Å²) in [5.74, 6) is -1.06. The molecule has 0 aliphatic carbocycles. The van der Waals surface area contributed by atoms with Crippen molar-refractivity contribution in [3.05, 3.63) is 29.8 Å². The fraction of sp³-hybridized carbons (Fsp3) is 0.100. The average molecular weight is 189 g/mol. The van der Waals surface area contributed by atoms with Crippen molar-refractivity contribution in [2.24, 2.45) is 4.99 Å². The molecule has 0 spiro atoms.